The molecule has 0 aliphatic carbocycles. The molecule has 0 unspecified atom stereocenters. The highest BCUT2D eigenvalue weighted by molar-refractivity contribution is 6.07. The van der Waals surface area contributed by atoms with E-state index in [1.165, 1.54) is 0 Å². The number of rotatable bonds is 6. The van der Waals surface area contributed by atoms with Crippen molar-refractivity contribution in [3.63, 3.8) is 0 Å². The first-order valence-corrected chi connectivity index (χ1v) is 8.30. The topological polar surface area (TPSA) is 78.0 Å². The normalized spacial score (nSPS) is 12.2. The van der Waals surface area contributed by atoms with Gasteiger partial charge >= 0.3 is 0 Å². The maximum absolute atomic E-state index is 6.18. The molecule has 2 aromatic heterocycles. The molecule has 0 atom stereocenters. The highest BCUT2D eigenvalue weighted by Gasteiger charge is 2.23. The van der Waals surface area contributed by atoms with Crippen molar-refractivity contribution in [2.24, 2.45) is 0 Å². The number of methoxy groups -OCH3 is 1. The van der Waals surface area contributed by atoms with Crippen LogP contribution in [0.5, 0.6) is 0 Å². The number of aromatic nitrogens is 3. The van der Waals surface area contributed by atoms with Gasteiger partial charge in [-0.15, -0.1) is 0 Å². The van der Waals surface area contributed by atoms with Crippen molar-refractivity contribution in [3.8, 4) is 0 Å². The zero-order chi connectivity index (χ0) is 17.3. The third-order valence-corrected chi connectivity index (χ3v) is 4.23. The molecule has 6 heteroatoms. The SMILES string of the molecule is CCCNc1nc2c(N)nc3ccccc3c2n1CC(C)(C)OC. The predicted molar refractivity (Wildman–Crippen MR) is 99.3 cm³/mol. The van der Waals surface area contributed by atoms with Gasteiger partial charge in [-0.25, -0.2) is 9.97 Å². The second kappa shape index (κ2) is 6.28. The van der Waals surface area contributed by atoms with Gasteiger partial charge in [-0.05, 0) is 26.3 Å². The summed E-state index contributed by atoms with van der Waals surface area (Å²) in [7, 11) is 1.73. The Kier molecular flexibility index (Phi) is 4.32. The van der Waals surface area contributed by atoms with Gasteiger partial charge in [-0.2, -0.15) is 0 Å². The van der Waals surface area contributed by atoms with Crippen LogP contribution in [0, 0.1) is 0 Å². The molecular weight excluding hydrogens is 302 g/mol. The van der Waals surface area contributed by atoms with Gasteiger partial charge in [0.25, 0.3) is 0 Å². The zero-order valence-electron chi connectivity index (χ0n) is 14.8. The summed E-state index contributed by atoms with van der Waals surface area (Å²) in [4.78, 5) is 9.23. The fraction of sp³-hybridized carbons (Fsp3) is 0.444. The number of hydrogen-bond acceptors (Lipinski definition) is 5. The van der Waals surface area contributed by atoms with Gasteiger partial charge in [-0.3, -0.25) is 0 Å². The largest absolute Gasteiger partial charge is 0.382 e. The second-order valence-corrected chi connectivity index (χ2v) is 6.62. The monoisotopic (exact) mass is 327 g/mol. The Balaban J connectivity index is 2.30. The summed E-state index contributed by atoms with van der Waals surface area (Å²) in [6.07, 6.45) is 1.02. The van der Waals surface area contributed by atoms with E-state index in [4.69, 9.17) is 15.5 Å². The van der Waals surface area contributed by atoms with Gasteiger partial charge in [0.2, 0.25) is 5.95 Å². The van der Waals surface area contributed by atoms with Crippen LogP contribution in [-0.2, 0) is 11.3 Å². The van der Waals surface area contributed by atoms with Gasteiger partial charge in [0, 0.05) is 19.0 Å². The second-order valence-electron chi connectivity index (χ2n) is 6.62. The van der Waals surface area contributed by atoms with Crippen molar-refractivity contribution >= 4 is 33.7 Å². The van der Waals surface area contributed by atoms with Gasteiger partial charge < -0.3 is 20.4 Å². The van der Waals surface area contributed by atoms with E-state index >= 15 is 0 Å². The minimum Gasteiger partial charge on any atom is -0.382 e. The van der Waals surface area contributed by atoms with E-state index < -0.39 is 0 Å². The number of nitrogen functional groups attached to an aromatic ring is 1. The van der Waals surface area contributed by atoms with Crippen LogP contribution in [-0.4, -0.2) is 33.8 Å². The average molecular weight is 327 g/mol. The molecule has 3 rings (SSSR count). The van der Waals surface area contributed by atoms with Crippen LogP contribution in [0.1, 0.15) is 27.2 Å². The van der Waals surface area contributed by atoms with Crippen molar-refractivity contribution in [3.05, 3.63) is 24.3 Å². The number of nitrogens with one attached hydrogen (secondary N) is 1. The third-order valence-electron chi connectivity index (χ3n) is 4.23. The van der Waals surface area contributed by atoms with Crippen LogP contribution in [0.3, 0.4) is 0 Å². The lowest BCUT2D eigenvalue weighted by Gasteiger charge is -2.25. The van der Waals surface area contributed by atoms with Crippen molar-refractivity contribution in [2.45, 2.75) is 39.3 Å². The lowest BCUT2D eigenvalue weighted by Crippen LogP contribution is -2.29. The van der Waals surface area contributed by atoms with Gasteiger partial charge in [0.1, 0.15) is 5.52 Å². The summed E-state index contributed by atoms with van der Waals surface area (Å²) in [6, 6.07) is 8.02. The number of pyridine rings is 1. The smallest absolute Gasteiger partial charge is 0.204 e. The number of benzene rings is 1. The summed E-state index contributed by atoms with van der Waals surface area (Å²) in [6.45, 7) is 7.77. The maximum Gasteiger partial charge on any atom is 0.204 e. The quantitative estimate of drug-likeness (QED) is 0.725. The zero-order valence-corrected chi connectivity index (χ0v) is 14.8. The number of nitrogens with zero attached hydrogens (tertiary/aromatic N) is 3. The number of imidazole rings is 1. The molecule has 0 saturated carbocycles. The Morgan fingerprint density at radius 2 is 2.00 bits per heavy atom. The number of hydrogen-bond donors (Lipinski definition) is 2. The molecule has 24 heavy (non-hydrogen) atoms. The summed E-state index contributed by atoms with van der Waals surface area (Å²) >= 11 is 0. The number of anilines is 2. The van der Waals surface area contributed by atoms with E-state index in [1.54, 1.807) is 7.11 Å². The lowest BCUT2D eigenvalue weighted by molar-refractivity contribution is 0.00947. The molecule has 3 aromatic rings. The molecule has 0 radical (unpaired) electrons. The molecule has 0 amide bonds. The fourth-order valence-corrected chi connectivity index (χ4v) is 2.83. The summed E-state index contributed by atoms with van der Waals surface area (Å²) in [5, 5.41) is 4.45. The Labute approximate surface area is 142 Å². The first-order valence-electron chi connectivity index (χ1n) is 8.30. The van der Waals surface area contributed by atoms with E-state index in [9.17, 15) is 0 Å². The number of ether oxygens (including phenoxy) is 1. The fourth-order valence-electron chi connectivity index (χ4n) is 2.83. The molecule has 0 aliphatic heterocycles. The molecule has 6 nitrogen and oxygen atoms in total. The Morgan fingerprint density at radius 1 is 1.25 bits per heavy atom. The van der Waals surface area contributed by atoms with Crippen molar-refractivity contribution in [1.82, 2.24) is 14.5 Å². The van der Waals surface area contributed by atoms with E-state index in [2.05, 4.69) is 41.7 Å². The third kappa shape index (κ3) is 2.89. The molecule has 2 heterocycles. The number of nitrogens with two attached hydrogens (primary N) is 1. The van der Waals surface area contributed by atoms with Crippen LogP contribution in [0.2, 0.25) is 0 Å². The molecule has 0 bridgehead atoms. The summed E-state index contributed by atoms with van der Waals surface area (Å²) in [5.41, 5.74) is 8.47. The Hall–Kier alpha value is -2.34. The first kappa shape index (κ1) is 16.5. The average Bonchev–Trinajstić information content (AvgIpc) is 2.92. The number of para-hydroxylation sites is 1. The highest BCUT2D eigenvalue weighted by atomic mass is 16.5. The maximum atomic E-state index is 6.18. The Bertz CT molecular complexity index is 869. The first-order chi connectivity index (χ1) is 11.5. The van der Waals surface area contributed by atoms with Crippen LogP contribution < -0.4 is 11.1 Å². The Morgan fingerprint density at radius 3 is 2.71 bits per heavy atom. The van der Waals surface area contributed by atoms with E-state index in [-0.39, 0.29) is 5.60 Å². The standard InChI is InChI=1S/C18H25N5O/c1-5-10-20-17-22-14-15(23(17)11-18(2,3)24-4)12-8-6-7-9-13(12)21-16(14)19/h6-9H,5,10-11H2,1-4H3,(H2,19,21)(H,20,22). The van der Waals surface area contributed by atoms with Crippen LogP contribution >= 0.6 is 0 Å². The number of fused-ring (bicyclic) bond motifs is 3. The molecule has 0 aliphatic rings. The molecule has 3 N–H and O–H groups in total. The molecule has 0 fully saturated rings. The minimum absolute atomic E-state index is 0.324. The molecule has 1 aromatic carbocycles. The lowest BCUT2D eigenvalue weighted by atomic mass is 10.1. The molecular formula is C18H25N5O. The summed E-state index contributed by atoms with van der Waals surface area (Å²) < 4.78 is 7.80. The van der Waals surface area contributed by atoms with E-state index in [0.29, 0.717) is 12.4 Å². The van der Waals surface area contributed by atoms with Crippen molar-refractivity contribution in [2.75, 3.05) is 24.7 Å². The van der Waals surface area contributed by atoms with Gasteiger partial charge in [0.15, 0.2) is 5.82 Å². The van der Waals surface area contributed by atoms with E-state index in [0.717, 1.165) is 40.9 Å². The van der Waals surface area contributed by atoms with Crippen LogP contribution in [0.25, 0.3) is 21.9 Å². The van der Waals surface area contributed by atoms with Gasteiger partial charge in [0.05, 0.1) is 23.2 Å². The molecule has 0 saturated heterocycles. The van der Waals surface area contributed by atoms with E-state index in [1.807, 2.05) is 18.2 Å². The minimum atomic E-state index is -0.324. The van der Waals surface area contributed by atoms with Gasteiger partial charge in [-0.1, -0.05) is 25.1 Å². The van der Waals surface area contributed by atoms with Crippen molar-refractivity contribution in [1.29, 1.82) is 0 Å². The highest BCUT2D eigenvalue weighted by Crippen LogP contribution is 2.32. The summed E-state index contributed by atoms with van der Waals surface area (Å²) in [5.74, 6) is 1.26. The molecule has 0 spiro atoms. The van der Waals surface area contributed by atoms with Crippen LogP contribution in [0.15, 0.2) is 24.3 Å². The van der Waals surface area contributed by atoms with Crippen LogP contribution in [0.4, 0.5) is 11.8 Å². The van der Waals surface area contributed by atoms with Crippen molar-refractivity contribution < 1.29 is 4.74 Å². The predicted octanol–water partition coefficient (Wildman–Crippen LogP) is 3.41. The molecule has 128 valence electrons.